The van der Waals surface area contributed by atoms with Crippen LogP contribution in [0.25, 0.3) is 0 Å². The largest absolute Gasteiger partial charge is 0.431 e. The maximum atomic E-state index is 12.5. The minimum absolute atomic E-state index is 0.131. The first-order valence-electron chi connectivity index (χ1n) is 12.0. The van der Waals surface area contributed by atoms with Crippen LogP contribution in [0.5, 0.6) is 10.9 Å². The third-order valence-electron chi connectivity index (χ3n) is 8.04. The van der Waals surface area contributed by atoms with Crippen molar-refractivity contribution in [3.63, 3.8) is 0 Å². The second-order valence-corrected chi connectivity index (χ2v) is 10.9. The Labute approximate surface area is 193 Å². The number of aromatic nitrogens is 1. The smallest absolute Gasteiger partial charge is 0.278 e. The van der Waals surface area contributed by atoms with Crippen molar-refractivity contribution in [2.45, 2.75) is 44.1 Å². The molecule has 0 N–H and O–H groups in total. The number of thiazole rings is 1. The van der Waals surface area contributed by atoms with E-state index in [1.165, 1.54) is 49.0 Å². The van der Waals surface area contributed by atoms with Crippen molar-refractivity contribution in [1.29, 1.82) is 0 Å². The first-order valence-corrected chi connectivity index (χ1v) is 12.8. The molecule has 0 unspecified atom stereocenters. The summed E-state index contributed by atoms with van der Waals surface area (Å²) in [5.74, 6) is 1.95. The molecule has 170 valence electrons. The molecule has 32 heavy (non-hydrogen) atoms. The average Bonchev–Trinajstić information content (AvgIpc) is 3.42. The lowest BCUT2D eigenvalue weighted by atomic mass is 9.77. The van der Waals surface area contributed by atoms with Crippen LogP contribution in [0, 0.1) is 11.3 Å². The summed E-state index contributed by atoms with van der Waals surface area (Å²) < 4.78 is 11.3. The molecule has 3 aliphatic heterocycles. The number of hydrogen-bond donors (Lipinski definition) is 0. The van der Waals surface area contributed by atoms with E-state index in [2.05, 4.69) is 33.0 Å². The predicted molar refractivity (Wildman–Crippen MR) is 123 cm³/mol. The summed E-state index contributed by atoms with van der Waals surface area (Å²) in [6.07, 6.45) is 7.94. The van der Waals surface area contributed by atoms with Crippen molar-refractivity contribution in [2.24, 2.45) is 11.3 Å². The van der Waals surface area contributed by atoms with Gasteiger partial charge in [0.1, 0.15) is 5.75 Å². The SMILES string of the molecule is O=C(C1COC1)N1CC2(CC[C@@H](N3CCC(c4ccccc4Oc4nccs4)CC3)C2)C1. The summed E-state index contributed by atoms with van der Waals surface area (Å²) in [5, 5.41) is 2.66. The molecule has 0 bridgehead atoms. The van der Waals surface area contributed by atoms with Crippen molar-refractivity contribution in [3.05, 3.63) is 41.4 Å². The maximum Gasteiger partial charge on any atom is 0.278 e. The van der Waals surface area contributed by atoms with Gasteiger partial charge in [-0.1, -0.05) is 29.5 Å². The summed E-state index contributed by atoms with van der Waals surface area (Å²) in [7, 11) is 0. The molecule has 1 aromatic heterocycles. The highest BCUT2D eigenvalue weighted by molar-refractivity contribution is 7.11. The molecule has 2 aromatic rings. The van der Waals surface area contributed by atoms with Gasteiger partial charge in [0.15, 0.2) is 0 Å². The van der Waals surface area contributed by atoms with Crippen molar-refractivity contribution in [1.82, 2.24) is 14.8 Å². The lowest BCUT2D eigenvalue weighted by Crippen LogP contribution is -2.61. The highest BCUT2D eigenvalue weighted by atomic mass is 32.1. The van der Waals surface area contributed by atoms with Crippen LogP contribution in [0.3, 0.4) is 0 Å². The normalized spacial score (nSPS) is 26.1. The van der Waals surface area contributed by atoms with Crippen LogP contribution in [0.2, 0.25) is 0 Å². The number of benzene rings is 1. The molecule has 1 aliphatic carbocycles. The Morgan fingerprint density at radius 3 is 2.69 bits per heavy atom. The topological polar surface area (TPSA) is 54.9 Å². The fourth-order valence-corrected chi connectivity index (χ4v) is 6.67. The Morgan fingerprint density at radius 1 is 1.16 bits per heavy atom. The number of carbonyl (C=O) groups is 1. The van der Waals surface area contributed by atoms with Crippen molar-refractivity contribution in [3.8, 4) is 10.9 Å². The molecule has 4 aliphatic rings. The van der Waals surface area contributed by atoms with E-state index in [0.717, 1.165) is 31.9 Å². The third-order valence-corrected chi connectivity index (χ3v) is 8.69. The molecular weight excluding hydrogens is 422 g/mol. The number of ether oxygens (including phenoxy) is 2. The molecule has 1 atom stereocenters. The Balaban J connectivity index is 1.03. The number of amides is 1. The number of carbonyl (C=O) groups excluding carboxylic acids is 1. The van der Waals surface area contributed by atoms with Gasteiger partial charge >= 0.3 is 0 Å². The van der Waals surface area contributed by atoms with Gasteiger partial charge in [0.05, 0.1) is 19.1 Å². The monoisotopic (exact) mass is 453 g/mol. The van der Waals surface area contributed by atoms with Gasteiger partial charge in [-0.05, 0) is 62.7 Å². The van der Waals surface area contributed by atoms with Crippen LogP contribution in [-0.2, 0) is 9.53 Å². The Kier molecular flexibility index (Phi) is 5.44. The van der Waals surface area contributed by atoms with Gasteiger partial charge in [0.25, 0.3) is 5.19 Å². The highest BCUT2D eigenvalue weighted by Gasteiger charge is 2.52. The van der Waals surface area contributed by atoms with Crippen LogP contribution in [0.15, 0.2) is 35.8 Å². The molecule has 3 saturated heterocycles. The fourth-order valence-electron chi connectivity index (χ4n) is 6.17. The van der Waals surface area contributed by atoms with Gasteiger partial charge in [-0.2, -0.15) is 0 Å². The van der Waals surface area contributed by atoms with Gasteiger partial charge < -0.3 is 19.3 Å². The third kappa shape index (κ3) is 3.84. The average molecular weight is 454 g/mol. The Morgan fingerprint density at radius 2 is 1.97 bits per heavy atom. The first-order chi connectivity index (χ1) is 15.7. The molecule has 1 spiro atoms. The molecule has 7 heteroatoms. The molecular formula is C25H31N3O3S. The van der Waals surface area contributed by atoms with Crippen LogP contribution in [0.1, 0.15) is 43.6 Å². The van der Waals surface area contributed by atoms with Crippen molar-refractivity contribution < 1.29 is 14.3 Å². The van der Waals surface area contributed by atoms with E-state index in [9.17, 15) is 4.79 Å². The van der Waals surface area contributed by atoms with E-state index in [0.29, 0.717) is 41.7 Å². The molecule has 6 rings (SSSR count). The lowest BCUT2D eigenvalue weighted by molar-refractivity contribution is -0.161. The van der Waals surface area contributed by atoms with Gasteiger partial charge in [-0.25, -0.2) is 4.98 Å². The molecule has 1 aromatic carbocycles. The van der Waals surface area contributed by atoms with E-state index in [4.69, 9.17) is 9.47 Å². The van der Waals surface area contributed by atoms with Gasteiger partial charge in [-0.15, -0.1) is 0 Å². The number of para-hydroxylation sites is 1. The molecule has 4 fully saturated rings. The van der Waals surface area contributed by atoms with Crippen LogP contribution in [-0.4, -0.2) is 66.1 Å². The Bertz CT molecular complexity index is 947. The second kappa shape index (κ2) is 8.43. The first kappa shape index (κ1) is 20.6. The van der Waals surface area contributed by atoms with E-state index < -0.39 is 0 Å². The van der Waals surface area contributed by atoms with E-state index in [1.54, 1.807) is 6.20 Å². The fraction of sp³-hybridized carbons (Fsp3) is 0.600. The summed E-state index contributed by atoms with van der Waals surface area (Å²) in [6.45, 7) is 5.49. The van der Waals surface area contributed by atoms with Crippen molar-refractivity contribution in [2.75, 3.05) is 39.4 Å². The summed E-state index contributed by atoms with van der Waals surface area (Å²) >= 11 is 1.53. The van der Waals surface area contributed by atoms with Gasteiger partial charge in [0.2, 0.25) is 5.91 Å². The van der Waals surface area contributed by atoms with E-state index in [-0.39, 0.29) is 5.92 Å². The molecule has 1 saturated carbocycles. The van der Waals surface area contributed by atoms with Crippen LogP contribution >= 0.6 is 11.3 Å². The zero-order valence-corrected chi connectivity index (χ0v) is 19.3. The van der Waals surface area contributed by atoms with Crippen LogP contribution < -0.4 is 4.74 Å². The summed E-state index contributed by atoms with van der Waals surface area (Å²) in [6, 6.07) is 9.15. The predicted octanol–water partition coefficient (Wildman–Crippen LogP) is 4.14. The quantitative estimate of drug-likeness (QED) is 0.681. The highest BCUT2D eigenvalue weighted by Crippen LogP contribution is 2.48. The van der Waals surface area contributed by atoms with Gasteiger partial charge in [-0.3, -0.25) is 4.79 Å². The molecule has 4 heterocycles. The molecule has 0 radical (unpaired) electrons. The van der Waals surface area contributed by atoms with E-state index >= 15 is 0 Å². The second-order valence-electron chi connectivity index (χ2n) is 10.1. The standard InChI is InChI=1S/C25H31N3O3S/c29-23(19-14-30-15-19)28-16-25(17-28)8-5-20(13-25)27-10-6-18(7-11-27)21-3-1-2-4-22(21)31-24-26-9-12-32-24/h1-4,9,12,18-20H,5-8,10-11,13-17H2/t20-/m1/s1. The van der Waals surface area contributed by atoms with Gasteiger partial charge in [0, 0.05) is 36.1 Å². The number of piperidine rings is 1. The number of nitrogens with zero attached hydrogens (tertiary/aromatic N) is 3. The minimum atomic E-state index is 0.131. The molecule has 1 amide bonds. The zero-order chi connectivity index (χ0) is 21.5. The van der Waals surface area contributed by atoms with Crippen molar-refractivity contribution >= 4 is 17.2 Å². The maximum absolute atomic E-state index is 12.5. The zero-order valence-electron chi connectivity index (χ0n) is 18.4. The molecule has 6 nitrogen and oxygen atoms in total. The minimum Gasteiger partial charge on any atom is -0.431 e. The summed E-state index contributed by atoms with van der Waals surface area (Å²) in [4.78, 5) is 21.5. The van der Waals surface area contributed by atoms with Crippen LogP contribution in [0.4, 0.5) is 0 Å². The summed E-state index contributed by atoms with van der Waals surface area (Å²) in [5.41, 5.74) is 1.70. The number of likely N-dealkylation sites (tertiary alicyclic amines) is 2. The van der Waals surface area contributed by atoms with E-state index in [1.807, 2.05) is 11.4 Å². The number of rotatable bonds is 5. The Hall–Kier alpha value is -1.96. The lowest BCUT2D eigenvalue weighted by Gasteiger charge is -2.50. The number of hydrogen-bond acceptors (Lipinski definition) is 6.